The standard InChI is InChI=1S/C10H12N2/c1-3-8-12-10-6-4-9(11-2)5-7-10/h4-7,12H,3,8H2,1H3. The summed E-state index contributed by atoms with van der Waals surface area (Å²) < 4.78 is 0. The van der Waals surface area contributed by atoms with Gasteiger partial charge < -0.3 is 5.32 Å². The highest BCUT2D eigenvalue weighted by Gasteiger charge is 1.90. The molecule has 1 aromatic carbocycles. The van der Waals surface area contributed by atoms with E-state index in [0.717, 1.165) is 18.7 Å². The van der Waals surface area contributed by atoms with E-state index >= 15 is 0 Å². The molecule has 0 saturated carbocycles. The summed E-state index contributed by atoms with van der Waals surface area (Å²) in [6, 6.07) is 7.52. The minimum Gasteiger partial charge on any atom is -0.385 e. The summed E-state index contributed by atoms with van der Waals surface area (Å²) in [7, 11) is 0. The first kappa shape index (κ1) is 8.61. The topological polar surface area (TPSA) is 16.4 Å². The summed E-state index contributed by atoms with van der Waals surface area (Å²) in [6.45, 7) is 9.87. The molecule has 0 saturated heterocycles. The van der Waals surface area contributed by atoms with Crippen molar-refractivity contribution in [1.29, 1.82) is 0 Å². The summed E-state index contributed by atoms with van der Waals surface area (Å²) in [5, 5.41) is 3.24. The Kier molecular flexibility index (Phi) is 3.16. The Hall–Kier alpha value is -1.49. The summed E-state index contributed by atoms with van der Waals surface area (Å²) in [5.41, 5.74) is 1.78. The van der Waals surface area contributed by atoms with E-state index in [2.05, 4.69) is 17.1 Å². The second kappa shape index (κ2) is 4.40. The molecule has 0 fully saturated rings. The van der Waals surface area contributed by atoms with Crippen molar-refractivity contribution in [2.24, 2.45) is 0 Å². The van der Waals surface area contributed by atoms with Gasteiger partial charge in [0.2, 0.25) is 0 Å². The Morgan fingerprint density at radius 3 is 2.50 bits per heavy atom. The smallest absolute Gasteiger partial charge is 0.187 e. The number of nitrogens with zero attached hydrogens (tertiary/aromatic N) is 1. The lowest BCUT2D eigenvalue weighted by Crippen LogP contribution is -1.98. The van der Waals surface area contributed by atoms with Crippen LogP contribution in [0.4, 0.5) is 11.4 Å². The lowest BCUT2D eigenvalue weighted by molar-refractivity contribution is 0.980. The van der Waals surface area contributed by atoms with Gasteiger partial charge in [-0.1, -0.05) is 19.1 Å². The molecular formula is C10H12N2. The highest BCUT2D eigenvalue weighted by Crippen LogP contribution is 2.15. The van der Waals surface area contributed by atoms with E-state index in [1.807, 2.05) is 24.3 Å². The van der Waals surface area contributed by atoms with Crippen LogP contribution in [0.1, 0.15) is 13.3 Å². The van der Waals surface area contributed by atoms with Crippen molar-refractivity contribution < 1.29 is 0 Å². The second-order valence-electron chi connectivity index (χ2n) is 2.59. The third-order valence-electron chi connectivity index (χ3n) is 1.58. The van der Waals surface area contributed by atoms with E-state index in [9.17, 15) is 0 Å². The van der Waals surface area contributed by atoms with Crippen molar-refractivity contribution in [2.75, 3.05) is 11.9 Å². The van der Waals surface area contributed by atoms with Crippen molar-refractivity contribution >= 4 is 11.4 Å². The van der Waals surface area contributed by atoms with Gasteiger partial charge in [-0.2, -0.15) is 0 Å². The zero-order chi connectivity index (χ0) is 8.81. The minimum absolute atomic E-state index is 0.692. The van der Waals surface area contributed by atoms with Gasteiger partial charge in [0.15, 0.2) is 5.69 Å². The third kappa shape index (κ3) is 2.28. The van der Waals surface area contributed by atoms with Crippen LogP contribution >= 0.6 is 0 Å². The monoisotopic (exact) mass is 160 g/mol. The van der Waals surface area contributed by atoms with E-state index < -0.39 is 0 Å². The van der Waals surface area contributed by atoms with Crippen molar-refractivity contribution in [2.45, 2.75) is 13.3 Å². The van der Waals surface area contributed by atoms with Crippen LogP contribution in [0.25, 0.3) is 4.85 Å². The zero-order valence-electron chi connectivity index (χ0n) is 7.17. The molecule has 0 unspecified atom stereocenters. The zero-order valence-corrected chi connectivity index (χ0v) is 7.17. The van der Waals surface area contributed by atoms with Crippen molar-refractivity contribution in [3.05, 3.63) is 35.7 Å². The summed E-state index contributed by atoms with van der Waals surface area (Å²) >= 11 is 0. The first-order chi connectivity index (χ1) is 5.86. The molecule has 1 N–H and O–H groups in total. The number of anilines is 1. The SMILES string of the molecule is [C-]#[N+]c1ccc(NCCC)cc1. The largest absolute Gasteiger partial charge is 0.385 e. The van der Waals surface area contributed by atoms with Crippen LogP contribution in [0.5, 0.6) is 0 Å². The molecule has 0 radical (unpaired) electrons. The average molecular weight is 160 g/mol. The Labute approximate surface area is 73.0 Å². The molecule has 0 aliphatic rings. The predicted molar refractivity (Wildman–Crippen MR) is 51.5 cm³/mol. The van der Waals surface area contributed by atoms with Crippen LogP contribution in [-0.2, 0) is 0 Å². The van der Waals surface area contributed by atoms with Gasteiger partial charge in [-0.3, -0.25) is 0 Å². The maximum absolute atomic E-state index is 6.76. The molecule has 0 bridgehead atoms. The summed E-state index contributed by atoms with van der Waals surface area (Å²) in [5.74, 6) is 0. The highest BCUT2D eigenvalue weighted by atomic mass is 14.9. The van der Waals surface area contributed by atoms with Gasteiger partial charge in [0, 0.05) is 12.2 Å². The second-order valence-corrected chi connectivity index (χ2v) is 2.59. The highest BCUT2D eigenvalue weighted by molar-refractivity contribution is 5.53. The Bertz CT molecular complexity index is 269. The lowest BCUT2D eigenvalue weighted by atomic mass is 10.3. The Morgan fingerprint density at radius 2 is 2.00 bits per heavy atom. The molecule has 2 heteroatoms. The summed E-state index contributed by atoms with van der Waals surface area (Å²) in [4.78, 5) is 3.31. The van der Waals surface area contributed by atoms with Gasteiger partial charge in [-0.15, -0.1) is 0 Å². The first-order valence-electron chi connectivity index (χ1n) is 4.08. The average Bonchev–Trinajstić information content (AvgIpc) is 2.15. The van der Waals surface area contributed by atoms with Crippen LogP contribution in [0.15, 0.2) is 24.3 Å². The lowest BCUT2D eigenvalue weighted by Gasteiger charge is -2.03. The van der Waals surface area contributed by atoms with E-state index in [0.29, 0.717) is 5.69 Å². The molecule has 0 spiro atoms. The maximum Gasteiger partial charge on any atom is 0.187 e. The van der Waals surface area contributed by atoms with E-state index in [1.165, 1.54) is 0 Å². The molecule has 1 rings (SSSR count). The fourth-order valence-corrected chi connectivity index (χ4v) is 0.923. The van der Waals surface area contributed by atoms with E-state index in [4.69, 9.17) is 6.57 Å². The van der Waals surface area contributed by atoms with Crippen LogP contribution in [-0.4, -0.2) is 6.54 Å². The first-order valence-corrected chi connectivity index (χ1v) is 4.08. The molecule has 12 heavy (non-hydrogen) atoms. The number of hydrogen-bond acceptors (Lipinski definition) is 1. The van der Waals surface area contributed by atoms with Gasteiger partial charge in [0.1, 0.15) is 0 Å². The van der Waals surface area contributed by atoms with Crippen molar-refractivity contribution in [1.82, 2.24) is 0 Å². The maximum atomic E-state index is 6.76. The third-order valence-corrected chi connectivity index (χ3v) is 1.58. The van der Waals surface area contributed by atoms with Gasteiger partial charge in [-0.25, -0.2) is 4.85 Å². The molecule has 2 nitrogen and oxygen atoms in total. The van der Waals surface area contributed by atoms with Crippen LogP contribution < -0.4 is 5.32 Å². The fourth-order valence-electron chi connectivity index (χ4n) is 0.923. The summed E-state index contributed by atoms with van der Waals surface area (Å²) in [6.07, 6.45) is 1.12. The van der Waals surface area contributed by atoms with Crippen molar-refractivity contribution in [3.8, 4) is 0 Å². The quantitative estimate of drug-likeness (QED) is 0.672. The number of hydrogen-bond donors (Lipinski definition) is 1. The van der Waals surface area contributed by atoms with Gasteiger partial charge in [0.25, 0.3) is 0 Å². The van der Waals surface area contributed by atoms with Gasteiger partial charge in [-0.05, 0) is 18.6 Å². The number of nitrogens with one attached hydrogen (secondary N) is 1. The normalized spacial score (nSPS) is 9.00. The molecule has 1 aromatic rings. The fraction of sp³-hybridized carbons (Fsp3) is 0.300. The molecule has 0 aliphatic heterocycles. The molecule has 0 amide bonds. The van der Waals surface area contributed by atoms with Gasteiger partial charge >= 0.3 is 0 Å². The molecule has 0 atom stereocenters. The van der Waals surface area contributed by atoms with Crippen molar-refractivity contribution in [3.63, 3.8) is 0 Å². The molecular weight excluding hydrogens is 148 g/mol. The number of benzene rings is 1. The molecule has 0 aliphatic carbocycles. The van der Waals surface area contributed by atoms with E-state index in [1.54, 1.807) is 0 Å². The van der Waals surface area contributed by atoms with Crippen LogP contribution in [0, 0.1) is 6.57 Å². The Balaban J connectivity index is 2.60. The van der Waals surface area contributed by atoms with Gasteiger partial charge in [0.05, 0.1) is 6.57 Å². The molecule has 62 valence electrons. The molecule has 0 aromatic heterocycles. The molecule has 0 heterocycles. The minimum atomic E-state index is 0.692. The van der Waals surface area contributed by atoms with E-state index in [-0.39, 0.29) is 0 Å². The Morgan fingerprint density at radius 1 is 1.33 bits per heavy atom. The number of rotatable bonds is 3. The predicted octanol–water partition coefficient (Wildman–Crippen LogP) is 3.06. The van der Waals surface area contributed by atoms with Crippen LogP contribution in [0.2, 0.25) is 0 Å². The van der Waals surface area contributed by atoms with Crippen LogP contribution in [0.3, 0.4) is 0 Å².